The van der Waals surface area contributed by atoms with E-state index in [0.717, 1.165) is 17.5 Å². The van der Waals surface area contributed by atoms with Crippen LogP contribution >= 0.6 is 0 Å². The Balaban J connectivity index is 1.76. The van der Waals surface area contributed by atoms with Crippen molar-refractivity contribution in [3.05, 3.63) is 54.1 Å². The summed E-state index contributed by atoms with van der Waals surface area (Å²) >= 11 is 0. The highest BCUT2D eigenvalue weighted by Crippen LogP contribution is 2.30. The number of rotatable bonds is 5. The van der Waals surface area contributed by atoms with Gasteiger partial charge in [0.05, 0.1) is 6.10 Å². The number of likely N-dealkylation sites (N-methyl/N-ethyl adjacent to an activating group) is 1. The molecule has 0 bridgehead atoms. The third-order valence-corrected chi connectivity index (χ3v) is 4.71. The number of benzene rings is 2. The molecule has 1 aliphatic rings. The van der Waals surface area contributed by atoms with Crippen LogP contribution in [0.3, 0.4) is 0 Å². The number of amides is 2. The third-order valence-electron chi connectivity index (χ3n) is 4.71. The van der Waals surface area contributed by atoms with E-state index in [4.69, 9.17) is 9.47 Å². The Kier molecular flexibility index (Phi) is 6.66. The van der Waals surface area contributed by atoms with Crippen LogP contribution in [0.15, 0.2) is 48.5 Å². The molecule has 2 amide bonds. The van der Waals surface area contributed by atoms with E-state index >= 15 is 0 Å². The fourth-order valence-corrected chi connectivity index (χ4v) is 3.20. The summed E-state index contributed by atoms with van der Waals surface area (Å²) in [6.07, 6.45) is 0.902. The van der Waals surface area contributed by atoms with Gasteiger partial charge >= 0.3 is 0 Å². The standard InChI is InChI=1S/C22H26N2O4/c1-16-14-24(12-5-13-27-16)22(26)18-10-8-17(9-11-18)19-6-3-4-7-20(19)28-15-21(25)23-2/h3-4,6-11,16H,5,12-15H2,1-2H3,(H,23,25)/t16-/m0/s1. The van der Waals surface area contributed by atoms with E-state index in [9.17, 15) is 9.59 Å². The lowest BCUT2D eigenvalue weighted by atomic mass is 10.0. The van der Waals surface area contributed by atoms with Crippen molar-refractivity contribution in [3.8, 4) is 16.9 Å². The molecule has 2 aromatic carbocycles. The number of nitrogens with one attached hydrogen (secondary N) is 1. The van der Waals surface area contributed by atoms with Crippen molar-refractivity contribution in [3.63, 3.8) is 0 Å². The Bertz CT molecular complexity index is 820. The van der Waals surface area contributed by atoms with Gasteiger partial charge in [-0.05, 0) is 37.1 Å². The summed E-state index contributed by atoms with van der Waals surface area (Å²) in [5.41, 5.74) is 2.46. The van der Waals surface area contributed by atoms with Gasteiger partial charge in [0.1, 0.15) is 5.75 Å². The highest BCUT2D eigenvalue weighted by Gasteiger charge is 2.21. The summed E-state index contributed by atoms with van der Waals surface area (Å²) in [5, 5.41) is 2.54. The molecule has 148 valence electrons. The fraction of sp³-hybridized carbons (Fsp3) is 0.364. The van der Waals surface area contributed by atoms with Gasteiger partial charge in [-0.25, -0.2) is 0 Å². The number of nitrogens with zero attached hydrogens (tertiary/aromatic N) is 1. The monoisotopic (exact) mass is 382 g/mol. The molecule has 6 nitrogen and oxygen atoms in total. The maximum Gasteiger partial charge on any atom is 0.257 e. The van der Waals surface area contributed by atoms with Crippen LogP contribution in [0.4, 0.5) is 0 Å². The molecular weight excluding hydrogens is 356 g/mol. The summed E-state index contributed by atoms with van der Waals surface area (Å²) in [6.45, 7) is 3.96. The summed E-state index contributed by atoms with van der Waals surface area (Å²) in [7, 11) is 1.57. The van der Waals surface area contributed by atoms with Gasteiger partial charge in [-0.1, -0.05) is 30.3 Å². The predicted molar refractivity (Wildman–Crippen MR) is 107 cm³/mol. The van der Waals surface area contributed by atoms with Crippen LogP contribution in [0.2, 0.25) is 0 Å². The number of para-hydroxylation sites is 1. The Labute approximate surface area is 165 Å². The summed E-state index contributed by atoms with van der Waals surface area (Å²) in [5.74, 6) is 0.461. The fourth-order valence-electron chi connectivity index (χ4n) is 3.20. The summed E-state index contributed by atoms with van der Waals surface area (Å²) < 4.78 is 11.3. The van der Waals surface area contributed by atoms with Gasteiger partial charge in [-0.2, -0.15) is 0 Å². The van der Waals surface area contributed by atoms with E-state index in [-0.39, 0.29) is 24.5 Å². The lowest BCUT2D eigenvalue weighted by Gasteiger charge is -2.22. The van der Waals surface area contributed by atoms with Crippen LogP contribution in [0, 0.1) is 0 Å². The van der Waals surface area contributed by atoms with Crippen molar-refractivity contribution >= 4 is 11.8 Å². The zero-order valence-corrected chi connectivity index (χ0v) is 16.3. The first-order valence-corrected chi connectivity index (χ1v) is 9.52. The molecule has 3 rings (SSSR count). The van der Waals surface area contributed by atoms with Gasteiger partial charge in [0, 0.05) is 37.9 Å². The van der Waals surface area contributed by atoms with Gasteiger partial charge in [0.2, 0.25) is 0 Å². The van der Waals surface area contributed by atoms with Crippen LogP contribution < -0.4 is 10.1 Å². The molecule has 0 saturated carbocycles. The van der Waals surface area contributed by atoms with Crippen molar-refractivity contribution in [1.29, 1.82) is 0 Å². The summed E-state index contributed by atoms with van der Waals surface area (Å²) in [4.78, 5) is 26.1. The SMILES string of the molecule is CNC(=O)COc1ccccc1-c1ccc(C(=O)N2CCCO[C@@H](C)C2)cc1. The molecule has 0 aliphatic carbocycles. The van der Waals surface area contributed by atoms with E-state index in [1.165, 1.54) is 0 Å². The lowest BCUT2D eigenvalue weighted by Crippen LogP contribution is -2.35. The number of hydrogen-bond donors (Lipinski definition) is 1. The number of ether oxygens (including phenoxy) is 2. The summed E-state index contributed by atoms with van der Waals surface area (Å²) in [6, 6.07) is 15.0. The highest BCUT2D eigenvalue weighted by atomic mass is 16.5. The molecule has 1 fully saturated rings. The Morgan fingerprint density at radius 1 is 1.18 bits per heavy atom. The molecule has 1 atom stereocenters. The van der Waals surface area contributed by atoms with E-state index in [1.807, 2.05) is 60.4 Å². The minimum absolute atomic E-state index is 0.0213. The molecule has 28 heavy (non-hydrogen) atoms. The molecule has 2 aromatic rings. The molecule has 0 spiro atoms. The van der Waals surface area contributed by atoms with Gasteiger partial charge < -0.3 is 19.7 Å². The minimum atomic E-state index is -0.189. The highest BCUT2D eigenvalue weighted by molar-refractivity contribution is 5.95. The van der Waals surface area contributed by atoms with Crippen LogP contribution in [-0.2, 0) is 9.53 Å². The van der Waals surface area contributed by atoms with Gasteiger partial charge in [0.15, 0.2) is 6.61 Å². The third kappa shape index (κ3) is 4.89. The molecule has 1 N–H and O–H groups in total. The Hall–Kier alpha value is -2.86. The zero-order chi connectivity index (χ0) is 19.9. The van der Waals surface area contributed by atoms with E-state index in [1.54, 1.807) is 7.05 Å². The van der Waals surface area contributed by atoms with E-state index in [2.05, 4.69) is 5.32 Å². The number of carbonyl (C=O) groups is 2. The van der Waals surface area contributed by atoms with Gasteiger partial charge in [0.25, 0.3) is 11.8 Å². The Morgan fingerprint density at radius 3 is 2.68 bits per heavy atom. The first kappa shape index (κ1) is 19.9. The van der Waals surface area contributed by atoms with Gasteiger partial charge in [-0.15, -0.1) is 0 Å². The van der Waals surface area contributed by atoms with E-state index in [0.29, 0.717) is 31.0 Å². The van der Waals surface area contributed by atoms with E-state index < -0.39 is 0 Å². The number of hydrogen-bond acceptors (Lipinski definition) is 4. The lowest BCUT2D eigenvalue weighted by molar-refractivity contribution is -0.122. The maximum absolute atomic E-state index is 12.8. The minimum Gasteiger partial charge on any atom is -0.483 e. The van der Waals surface area contributed by atoms with Crippen LogP contribution in [0.25, 0.3) is 11.1 Å². The van der Waals surface area contributed by atoms with Crippen LogP contribution in [0.5, 0.6) is 5.75 Å². The average Bonchev–Trinajstić information content (AvgIpc) is 2.96. The van der Waals surface area contributed by atoms with Crippen molar-refractivity contribution in [2.24, 2.45) is 0 Å². The average molecular weight is 382 g/mol. The first-order chi connectivity index (χ1) is 13.6. The molecular formula is C22H26N2O4. The molecule has 1 heterocycles. The largest absolute Gasteiger partial charge is 0.483 e. The van der Waals surface area contributed by atoms with Crippen LogP contribution in [0.1, 0.15) is 23.7 Å². The second-order valence-corrected chi connectivity index (χ2v) is 6.82. The zero-order valence-electron chi connectivity index (χ0n) is 16.3. The topological polar surface area (TPSA) is 67.9 Å². The van der Waals surface area contributed by atoms with Crippen molar-refractivity contribution in [2.45, 2.75) is 19.4 Å². The second-order valence-electron chi connectivity index (χ2n) is 6.82. The quantitative estimate of drug-likeness (QED) is 0.863. The molecule has 1 saturated heterocycles. The molecule has 6 heteroatoms. The molecule has 0 unspecified atom stereocenters. The molecule has 0 radical (unpaired) electrons. The predicted octanol–water partition coefficient (Wildman–Crippen LogP) is 2.73. The first-order valence-electron chi connectivity index (χ1n) is 9.52. The maximum atomic E-state index is 12.8. The Morgan fingerprint density at radius 2 is 1.93 bits per heavy atom. The number of carbonyl (C=O) groups excluding carboxylic acids is 2. The normalized spacial score (nSPS) is 16.9. The van der Waals surface area contributed by atoms with Crippen molar-refractivity contribution in [1.82, 2.24) is 10.2 Å². The smallest absolute Gasteiger partial charge is 0.257 e. The van der Waals surface area contributed by atoms with Crippen molar-refractivity contribution in [2.75, 3.05) is 33.4 Å². The van der Waals surface area contributed by atoms with Crippen molar-refractivity contribution < 1.29 is 19.1 Å². The van der Waals surface area contributed by atoms with Crippen LogP contribution in [-0.4, -0.2) is 56.2 Å². The molecule has 0 aromatic heterocycles. The second kappa shape index (κ2) is 9.37. The van der Waals surface area contributed by atoms with Gasteiger partial charge in [-0.3, -0.25) is 9.59 Å². The molecule has 1 aliphatic heterocycles.